The number of aliphatic imine (C=N–C) groups is 1. The molecular formula is C47H28Cl10N8O6. The maximum Gasteiger partial charge on any atom is 0.419 e. The first-order valence-electron chi connectivity index (χ1n) is 20.2. The molecule has 1 unspecified atom stereocenters. The number of amides is 3. The number of carbonyl (C=O) groups is 4. The van der Waals surface area contributed by atoms with E-state index in [1.54, 1.807) is 42.5 Å². The summed E-state index contributed by atoms with van der Waals surface area (Å²) in [7, 11) is 1.31. The lowest BCUT2D eigenvalue weighted by Crippen LogP contribution is -2.39. The number of para-hydroxylation sites is 1. The molecule has 0 bridgehead atoms. The minimum absolute atomic E-state index is 0.0179. The van der Waals surface area contributed by atoms with Crippen molar-refractivity contribution in [1.82, 2.24) is 0 Å². The molecule has 0 saturated carbocycles. The maximum atomic E-state index is 14.1. The third-order valence-corrected chi connectivity index (χ3v) is 13.1. The van der Waals surface area contributed by atoms with Crippen molar-refractivity contribution in [3.05, 3.63) is 164 Å². The molecule has 2 N–H and O–H groups in total. The third-order valence-electron chi connectivity index (χ3n) is 10.3. The van der Waals surface area contributed by atoms with Gasteiger partial charge >= 0.3 is 18.0 Å². The number of ether oxygens (including phenoxy) is 2. The highest BCUT2D eigenvalue weighted by atomic mass is 35.5. The molecule has 24 heteroatoms. The predicted octanol–water partition coefficient (Wildman–Crippen LogP) is 15.0. The normalized spacial score (nSPS) is 15.0. The minimum Gasteiger partial charge on any atom is -0.440 e. The number of nitrogens with zero attached hydrogens (tertiary/aromatic N) is 6. The van der Waals surface area contributed by atoms with E-state index in [4.69, 9.17) is 125 Å². The minimum atomic E-state index is -1.71. The van der Waals surface area contributed by atoms with Crippen molar-refractivity contribution in [3.63, 3.8) is 0 Å². The Morgan fingerprint density at radius 2 is 1.15 bits per heavy atom. The number of halogens is 10. The van der Waals surface area contributed by atoms with Gasteiger partial charge in [0.05, 0.1) is 68.5 Å². The number of hydrogen-bond donors (Lipinski definition) is 2. The predicted molar refractivity (Wildman–Crippen MR) is 286 cm³/mol. The zero-order chi connectivity index (χ0) is 51.2. The molecule has 0 radical (unpaired) electrons. The van der Waals surface area contributed by atoms with Gasteiger partial charge in [-0.2, -0.15) is 10.0 Å². The van der Waals surface area contributed by atoms with Crippen LogP contribution in [-0.2, 0) is 14.3 Å². The first-order valence-corrected chi connectivity index (χ1v) is 24.0. The maximum absolute atomic E-state index is 14.1. The zero-order valence-electron chi connectivity index (χ0n) is 36.2. The van der Waals surface area contributed by atoms with E-state index in [1.165, 1.54) is 61.6 Å². The summed E-state index contributed by atoms with van der Waals surface area (Å²) in [6.45, 7) is 3.67. The second kappa shape index (κ2) is 21.3. The molecule has 6 aromatic carbocycles. The summed E-state index contributed by atoms with van der Waals surface area (Å²) in [5, 5.41) is 17.3. The molecule has 362 valence electrons. The molecule has 71 heavy (non-hydrogen) atoms. The van der Waals surface area contributed by atoms with E-state index in [0.717, 1.165) is 26.0 Å². The van der Waals surface area contributed by atoms with Crippen LogP contribution in [0.15, 0.2) is 112 Å². The van der Waals surface area contributed by atoms with Crippen LogP contribution in [0.25, 0.3) is 0 Å². The lowest BCUT2D eigenvalue weighted by Gasteiger charge is -2.21. The molecular weight excluding hydrogens is 1130 g/mol. The van der Waals surface area contributed by atoms with Crippen molar-refractivity contribution >= 4 is 191 Å². The van der Waals surface area contributed by atoms with Gasteiger partial charge in [0.15, 0.2) is 23.1 Å². The van der Waals surface area contributed by atoms with Crippen LogP contribution in [0.1, 0.15) is 21.5 Å². The third kappa shape index (κ3) is 11.0. The fourth-order valence-electron chi connectivity index (χ4n) is 6.94. The smallest absolute Gasteiger partial charge is 0.419 e. The second-order valence-electron chi connectivity index (χ2n) is 15.3. The van der Waals surface area contributed by atoms with Crippen LogP contribution >= 0.6 is 116 Å². The molecule has 0 fully saturated rings. The van der Waals surface area contributed by atoms with E-state index in [-0.39, 0.29) is 96.6 Å². The molecule has 0 aliphatic carbocycles. The number of benzene rings is 6. The van der Waals surface area contributed by atoms with Crippen molar-refractivity contribution < 1.29 is 28.7 Å². The van der Waals surface area contributed by atoms with Crippen molar-refractivity contribution in [2.24, 2.45) is 15.2 Å². The molecule has 3 amide bonds. The van der Waals surface area contributed by atoms with Gasteiger partial charge in [-0.3, -0.25) is 14.5 Å². The number of amidine groups is 2. The number of hydrazone groups is 2. The Kier molecular flexibility index (Phi) is 15.6. The van der Waals surface area contributed by atoms with Crippen LogP contribution in [0.2, 0.25) is 50.2 Å². The molecule has 2 heterocycles. The SMILES string of the molecule is Cc1ccc(Cl)c(NC2=NN(c3c(Cl)cc(Cl)cc3Cl)C(=O)C2=Nc2cc(Cl)c(OC(=O)N(C)c3ccccc3C(=O)OC3C(=O)N(c4c(Cl)cc(Cl)cc4Cl)N=C3Nc3cc(C)ccc3Cl)c(Cl)c2)c1. The Hall–Kier alpha value is -5.49. The standard InChI is InChI=1S/C47H28Cl10N8O6/c1-20-8-10-26(50)34(12-20)59-42-37(44(66)64(61-42)38-28(52)14-22(48)15-29(38)53)58-24-18-32(56)40(33(57)19-24)71-47(69)63(3)36-7-5-4-6-25(36)46(68)70-41-43(60-35-13-21(2)9-11-27(35)51)62-65(45(41)67)39-30(54)16-23(49)17-31(39)55/h4-19,41H,1-3H3,(H,59,61)(H,60,62). The summed E-state index contributed by atoms with van der Waals surface area (Å²) in [6, 6.07) is 24.2. The molecule has 1 atom stereocenters. The number of hydrogen-bond acceptors (Lipinski definition) is 11. The van der Waals surface area contributed by atoms with Gasteiger partial charge in [-0.25, -0.2) is 14.6 Å². The first kappa shape index (κ1) is 51.9. The molecule has 0 aromatic heterocycles. The molecule has 14 nitrogen and oxygen atoms in total. The summed E-state index contributed by atoms with van der Waals surface area (Å²) in [5.74, 6) is -3.18. The highest BCUT2D eigenvalue weighted by Gasteiger charge is 2.43. The van der Waals surface area contributed by atoms with E-state index in [9.17, 15) is 19.2 Å². The first-order chi connectivity index (χ1) is 33.7. The molecule has 0 saturated heterocycles. The van der Waals surface area contributed by atoms with Gasteiger partial charge in [0.2, 0.25) is 6.10 Å². The molecule has 0 spiro atoms. The summed E-state index contributed by atoms with van der Waals surface area (Å²) in [4.78, 5) is 61.7. The Morgan fingerprint density at radius 3 is 1.72 bits per heavy atom. The Bertz CT molecular complexity index is 3280. The van der Waals surface area contributed by atoms with Crippen molar-refractivity contribution in [1.29, 1.82) is 0 Å². The fraction of sp³-hybridized carbons (Fsp3) is 0.0851. The number of aryl methyl sites for hydroxylation is 2. The van der Waals surface area contributed by atoms with E-state index < -0.39 is 30.0 Å². The molecule has 2 aliphatic rings. The van der Waals surface area contributed by atoms with Gasteiger partial charge < -0.3 is 20.1 Å². The summed E-state index contributed by atoms with van der Waals surface area (Å²) in [6.07, 6.45) is -2.77. The highest BCUT2D eigenvalue weighted by molar-refractivity contribution is 6.73. The zero-order valence-corrected chi connectivity index (χ0v) is 43.8. The van der Waals surface area contributed by atoms with E-state index >= 15 is 0 Å². The number of nitrogens with one attached hydrogen (secondary N) is 2. The average molecular weight is 1160 g/mol. The van der Waals surface area contributed by atoms with Crippen LogP contribution in [-0.4, -0.2) is 54.4 Å². The van der Waals surface area contributed by atoms with Crippen LogP contribution < -0.4 is 30.3 Å². The second-order valence-corrected chi connectivity index (χ2v) is 19.4. The average Bonchev–Trinajstić information content (AvgIpc) is 3.75. The van der Waals surface area contributed by atoms with E-state index in [0.29, 0.717) is 16.4 Å². The number of carbonyl (C=O) groups excluding carboxylic acids is 4. The Balaban J connectivity index is 1.05. The lowest BCUT2D eigenvalue weighted by atomic mass is 10.1. The highest BCUT2D eigenvalue weighted by Crippen LogP contribution is 2.42. The van der Waals surface area contributed by atoms with Crippen LogP contribution in [0.5, 0.6) is 5.75 Å². The van der Waals surface area contributed by atoms with Gasteiger partial charge in [-0.05, 0) is 97.8 Å². The van der Waals surface area contributed by atoms with Gasteiger partial charge in [0, 0.05) is 17.1 Å². The quantitative estimate of drug-likeness (QED) is 0.135. The molecule has 2 aliphatic heterocycles. The van der Waals surface area contributed by atoms with Crippen molar-refractivity contribution in [2.45, 2.75) is 20.0 Å². The van der Waals surface area contributed by atoms with Crippen LogP contribution in [0.4, 0.5) is 38.9 Å². The monoisotopic (exact) mass is 1150 g/mol. The summed E-state index contributed by atoms with van der Waals surface area (Å²) >= 11 is 64.6. The van der Waals surface area contributed by atoms with Crippen molar-refractivity contribution in [3.8, 4) is 5.75 Å². The lowest BCUT2D eigenvalue weighted by molar-refractivity contribution is -0.123. The van der Waals surface area contributed by atoms with E-state index in [1.807, 2.05) is 13.8 Å². The number of anilines is 5. The number of rotatable bonds is 9. The van der Waals surface area contributed by atoms with Crippen LogP contribution in [0.3, 0.4) is 0 Å². The Morgan fingerprint density at radius 1 is 0.634 bits per heavy atom. The van der Waals surface area contributed by atoms with Gasteiger partial charge in [0.25, 0.3) is 5.91 Å². The topological polar surface area (TPSA) is 158 Å². The van der Waals surface area contributed by atoms with Gasteiger partial charge in [-0.15, -0.1) is 10.2 Å². The van der Waals surface area contributed by atoms with Crippen LogP contribution in [0, 0.1) is 13.8 Å². The van der Waals surface area contributed by atoms with E-state index in [2.05, 4.69) is 25.8 Å². The van der Waals surface area contributed by atoms with Crippen molar-refractivity contribution in [2.75, 3.05) is 32.6 Å². The largest absolute Gasteiger partial charge is 0.440 e. The summed E-state index contributed by atoms with van der Waals surface area (Å²) < 4.78 is 11.5. The summed E-state index contributed by atoms with van der Waals surface area (Å²) in [5.41, 5.74) is 2.02. The number of esters is 1. The molecule has 6 aromatic rings. The molecule has 8 rings (SSSR count). The van der Waals surface area contributed by atoms with Gasteiger partial charge in [0.1, 0.15) is 11.4 Å². The fourth-order valence-corrected chi connectivity index (χ4v) is 9.77. The van der Waals surface area contributed by atoms with Gasteiger partial charge in [-0.1, -0.05) is 140 Å². The Labute approximate surface area is 454 Å².